The maximum Gasteiger partial charge on any atom is 0.490 e. The number of alkyl halides is 6. The Hall–Kier alpha value is -4.90. The molecule has 0 amide bonds. The molecule has 1 fully saturated rings. The van der Waals surface area contributed by atoms with E-state index in [-0.39, 0.29) is 6.01 Å². The Morgan fingerprint density at radius 3 is 2.34 bits per heavy atom. The van der Waals surface area contributed by atoms with Gasteiger partial charge in [0.2, 0.25) is 5.89 Å². The Balaban J connectivity index is 0.000000566. The van der Waals surface area contributed by atoms with Crippen molar-refractivity contribution in [1.29, 1.82) is 0 Å². The minimum Gasteiger partial charge on any atom is -0.487 e. The molecule has 3 aromatic heterocycles. The average molecular weight is 632 g/mol. The number of nitrogens with two attached hydrogens (primary N) is 1. The zero-order valence-corrected chi connectivity index (χ0v) is 22.4. The van der Waals surface area contributed by atoms with Crippen LogP contribution < -0.4 is 15.8 Å². The lowest BCUT2D eigenvalue weighted by atomic mass is 9.70. The van der Waals surface area contributed by atoms with Gasteiger partial charge in [-0.15, -0.1) is 5.10 Å². The molecule has 1 aliphatic carbocycles. The van der Waals surface area contributed by atoms with E-state index in [0.717, 1.165) is 11.8 Å². The van der Waals surface area contributed by atoms with Crippen molar-refractivity contribution in [2.45, 2.75) is 56.0 Å². The smallest absolute Gasteiger partial charge is 0.487 e. The van der Waals surface area contributed by atoms with E-state index in [1.807, 2.05) is 18.2 Å². The Morgan fingerprint density at radius 2 is 1.77 bits per heavy atom. The molecule has 1 aromatic carbocycles. The van der Waals surface area contributed by atoms with Gasteiger partial charge in [0.15, 0.2) is 11.6 Å². The van der Waals surface area contributed by atoms with Gasteiger partial charge < -0.3 is 25.3 Å². The summed E-state index contributed by atoms with van der Waals surface area (Å²) in [5.41, 5.74) is 4.47. The van der Waals surface area contributed by atoms with Crippen molar-refractivity contribution in [1.82, 2.24) is 25.4 Å². The van der Waals surface area contributed by atoms with Crippen LogP contribution in [0.4, 0.5) is 48.4 Å². The number of nitrogens with one attached hydrogen (secondary N) is 2. The fraction of sp³-hybridized carbons (Fsp3) is 0.346. The molecule has 0 radical (unpaired) electrons. The number of carboxylic acids is 1. The molecule has 0 aliphatic heterocycles. The third kappa shape index (κ3) is 7.93. The number of aliphatic carboxylic acids is 1. The third-order valence-corrected chi connectivity index (χ3v) is 6.68. The van der Waals surface area contributed by atoms with E-state index in [4.69, 9.17) is 24.8 Å². The fourth-order valence-corrected chi connectivity index (χ4v) is 4.64. The predicted molar refractivity (Wildman–Crippen MR) is 138 cm³/mol. The number of anilines is 3. The summed E-state index contributed by atoms with van der Waals surface area (Å²) in [4.78, 5) is 13.6. The fourth-order valence-electron chi connectivity index (χ4n) is 4.64. The second kappa shape index (κ2) is 12.8. The first-order chi connectivity index (χ1) is 20.7. The van der Waals surface area contributed by atoms with Crippen molar-refractivity contribution in [2.24, 2.45) is 0 Å². The highest BCUT2D eigenvalue weighted by molar-refractivity contribution is 5.73. The number of rotatable bonds is 7. The second-order valence-electron chi connectivity index (χ2n) is 9.75. The number of nitrogens with zero attached hydrogens (tertiary/aromatic N) is 4. The van der Waals surface area contributed by atoms with Gasteiger partial charge in [-0.2, -0.15) is 31.4 Å². The second-order valence-corrected chi connectivity index (χ2v) is 9.75. The first-order valence-corrected chi connectivity index (χ1v) is 12.8. The molecule has 1 saturated carbocycles. The highest BCUT2D eigenvalue weighted by Crippen LogP contribution is 2.43. The number of hydrogen-bond donors (Lipinski definition) is 4. The highest BCUT2D eigenvalue weighted by Gasteiger charge is 2.43. The number of halogens is 7. The van der Waals surface area contributed by atoms with Crippen molar-refractivity contribution in [3.8, 4) is 5.75 Å². The van der Waals surface area contributed by atoms with Crippen LogP contribution in [0.25, 0.3) is 0 Å². The van der Waals surface area contributed by atoms with E-state index in [9.17, 15) is 30.7 Å². The zero-order valence-electron chi connectivity index (χ0n) is 22.4. The number of benzene rings is 1. The van der Waals surface area contributed by atoms with E-state index < -0.39 is 47.0 Å². The molecule has 3 heterocycles. The number of aromatic nitrogens is 5. The largest absolute Gasteiger partial charge is 0.490 e. The monoisotopic (exact) mass is 631 g/mol. The van der Waals surface area contributed by atoms with Gasteiger partial charge in [-0.05, 0) is 49.9 Å². The lowest BCUT2D eigenvalue weighted by Gasteiger charge is -2.37. The first kappa shape index (κ1) is 32.0. The molecule has 5 N–H and O–H groups in total. The van der Waals surface area contributed by atoms with E-state index in [1.165, 1.54) is 6.07 Å². The van der Waals surface area contributed by atoms with Crippen LogP contribution in [0, 0.1) is 5.82 Å². The van der Waals surface area contributed by atoms with Crippen LogP contribution in [0.2, 0.25) is 0 Å². The molecule has 0 spiro atoms. The summed E-state index contributed by atoms with van der Waals surface area (Å²) < 4.78 is 96.8. The molecule has 0 bridgehead atoms. The summed E-state index contributed by atoms with van der Waals surface area (Å²) in [5.74, 6) is -2.95. The van der Waals surface area contributed by atoms with Gasteiger partial charge >= 0.3 is 24.3 Å². The number of pyridine rings is 1. The average Bonchev–Trinajstić information content (AvgIpc) is 3.62. The quantitative estimate of drug-likeness (QED) is 0.183. The number of nitrogen functional groups attached to an aromatic ring is 1. The molecule has 236 valence electrons. The van der Waals surface area contributed by atoms with Crippen LogP contribution in [0.3, 0.4) is 0 Å². The summed E-state index contributed by atoms with van der Waals surface area (Å²) in [6.45, 7) is 0. The van der Waals surface area contributed by atoms with Crippen LogP contribution >= 0.6 is 0 Å². The van der Waals surface area contributed by atoms with Crippen molar-refractivity contribution in [3.63, 3.8) is 0 Å². The number of aromatic amines is 1. The van der Waals surface area contributed by atoms with Crippen LogP contribution in [0.15, 0.2) is 53.1 Å². The van der Waals surface area contributed by atoms with Crippen LogP contribution in [0.5, 0.6) is 5.75 Å². The van der Waals surface area contributed by atoms with Gasteiger partial charge in [-0.3, -0.25) is 5.10 Å². The van der Waals surface area contributed by atoms with Gasteiger partial charge in [-0.25, -0.2) is 14.2 Å². The van der Waals surface area contributed by atoms with Gasteiger partial charge in [0, 0.05) is 18.2 Å². The molecule has 5 rings (SSSR count). The molecule has 18 heteroatoms. The summed E-state index contributed by atoms with van der Waals surface area (Å²) in [7, 11) is 0. The predicted octanol–water partition coefficient (Wildman–Crippen LogP) is 5.81. The van der Waals surface area contributed by atoms with Crippen molar-refractivity contribution in [3.05, 3.63) is 71.6 Å². The van der Waals surface area contributed by atoms with Gasteiger partial charge in [0.1, 0.15) is 11.6 Å². The summed E-state index contributed by atoms with van der Waals surface area (Å²) in [6, 6.07) is 10.3. The van der Waals surface area contributed by atoms with Crippen molar-refractivity contribution >= 4 is 23.6 Å². The normalized spacial score (nSPS) is 18.7. The number of carboxylic acid groups (broad SMARTS) is 1. The minimum atomic E-state index is -5.08. The molecular formula is C26H24F7N7O4. The summed E-state index contributed by atoms with van der Waals surface area (Å²) in [6.07, 6.45) is -6.51. The van der Waals surface area contributed by atoms with Crippen LogP contribution in [-0.4, -0.2) is 48.7 Å². The molecular weight excluding hydrogens is 607 g/mol. The minimum absolute atomic E-state index is 0.0681. The SMILES string of the molecule is Nc1nnc(C2(Cc3cccc(Nc4ccn[nH]4)n3)CCC(Oc3cccc(C(F)(F)F)c3F)CC2)o1.O=C(O)C(F)(F)F. The van der Waals surface area contributed by atoms with Gasteiger partial charge in [0.05, 0.1) is 23.3 Å². The Kier molecular flexibility index (Phi) is 9.29. The molecule has 44 heavy (non-hydrogen) atoms. The lowest BCUT2D eigenvalue weighted by Crippen LogP contribution is -2.38. The Bertz CT molecular complexity index is 1550. The highest BCUT2D eigenvalue weighted by atomic mass is 19.4. The number of H-pyrrole nitrogens is 1. The van der Waals surface area contributed by atoms with Crippen LogP contribution in [0.1, 0.15) is 42.8 Å². The molecule has 1 aliphatic rings. The van der Waals surface area contributed by atoms with E-state index >= 15 is 0 Å². The molecule has 0 unspecified atom stereocenters. The maximum atomic E-state index is 14.5. The molecule has 0 atom stereocenters. The molecule has 11 nitrogen and oxygen atoms in total. The number of carbonyl (C=O) groups is 1. The molecule has 0 saturated heterocycles. The van der Waals surface area contributed by atoms with E-state index in [0.29, 0.717) is 55.7 Å². The van der Waals surface area contributed by atoms with Crippen molar-refractivity contribution in [2.75, 3.05) is 11.1 Å². The van der Waals surface area contributed by atoms with Crippen molar-refractivity contribution < 1.29 is 49.8 Å². The van der Waals surface area contributed by atoms with E-state index in [1.54, 1.807) is 12.3 Å². The standard InChI is InChI=1S/C24H23F4N7O2.C2HF3O2/c25-20-16(24(26,27)28)4-2-5-17(20)36-15-7-10-23(11-8-15,21-34-35-22(29)37-21)13-14-3-1-6-18(31-14)32-19-9-12-30-33-19;3-2(4,5)1(6)7/h1-6,9,12,15H,7-8,10-11,13H2,(H2,29,35)(H2,30,31,32,33);(H,6,7). The topological polar surface area (TPSA) is 165 Å². The van der Waals surface area contributed by atoms with Gasteiger partial charge in [-0.1, -0.05) is 17.2 Å². The number of hydrogen-bond acceptors (Lipinski definition) is 9. The first-order valence-electron chi connectivity index (χ1n) is 12.8. The zero-order chi connectivity index (χ0) is 32.1. The summed E-state index contributed by atoms with van der Waals surface area (Å²) >= 11 is 0. The van der Waals surface area contributed by atoms with E-state index in [2.05, 4.69) is 30.7 Å². The molecule has 4 aromatic rings. The Morgan fingerprint density at radius 1 is 1.09 bits per heavy atom. The summed E-state index contributed by atoms with van der Waals surface area (Å²) in [5, 5.41) is 24.9. The van der Waals surface area contributed by atoms with Crippen LogP contribution in [-0.2, 0) is 22.8 Å². The maximum absolute atomic E-state index is 14.5. The Labute approximate surface area is 243 Å². The number of ether oxygens (including phenoxy) is 1. The lowest BCUT2D eigenvalue weighted by molar-refractivity contribution is -0.192. The van der Waals surface area contributed by atoms with Gasteiger partial charge in [0.25, 0.3) is 0 Å². The third-order valence-electron chi connectivity index (χ3n) is 6.68.